The number of aryl methyl sites for hydroxylation is 1. The summed E-state index contributed by atoms with van der Waals surface area (Å²) in [5, 5.41) is 20.6. The van der Waals surface area contributed by atoms with Crippen LogP contribution in [0.1, 0.15) is 75.8 Å². The summed E-state index contributed by atoms with van der Waals surface area (Å²) in [7, 11) is 0. The minimum atomic E-state index is -4.65. The highest BCUT2D eigenvalue weighted by Gasteiger charge is 2.47. The molecule has 14 heteroatoms. The third kappa shape index (κ3) is 9.07. The standard InChI is InChI=1S/C37H47F4N5O5/c1-5-21(3)30(33(49)42-17-10-18-47)45-35(51)36(16-15-28-25(20-36)24-12-9-13-26(32(24)43-28)37(39,40)41)46-34(50)31(22(4)6-2)44-29(48)19-23-11-7-8-14-27(23)38/h7-9,11-14,21-22,30-31,43,47H,5-6,10,15-20H2,1-4H3,(H,42,49)(H,44,48)(H,45,51)(H,46,50)/t21?,22?,30-,31-,36+/m0/s1. The monoisotopic (exact) mass is 717 g/mol. The topological polar surface area (TPSA) is 152 Å². The van der Waals surface area contributed by atoms with Crippen molar-refractivity contribution in [2.75, 3.05) is 13.2 Å². The van der Waals surface area contributed by atoms with Crippen molar-refractivity contribution in [2.24, 2.45) is 11.8 Å². The lowest BCUT2D eigenvalue weighted by Crippen LogP contribution is -2.67. The molecule has 0 saturated heterocycles. The van der Waals surface area contributed by atoms with Gasteiger partial charge in [-0.1, -0.05) is 70.9 Å². The van der Waals surface area contributed by atoms with Crippen molar-refractivity contribution in [3.8, 4) is 0 Å². The Bertz CT molecular complexity index is 1730. The Morgan fingerprint density at radius 3 is 2.24 bits per heavy atom. The molecule has 2 unspecified atom stereocenters. The lowest BCUT2D eigenvalue weighted by Gasteiger charge is -2.39. The van der Waals surface area contributed by atoms with Crippen LogP contribution in [0.4, 0.5) is 17.6 Å². The summed E-state index contributed by atoms with van der Waals surface area (Å²) >= 11 is 0. The molecule has 1 aromatic heterocycles. The van der Waals surface area contributed by atoms with Crippen molar-refractivity contribution in [2.45, 2.75) is 96.4 Å². The van der Waals surface area contributed by atoms with Crippen LogP contribution < -0.4 is 21.3 Å². The zero-order valence-electron chi connectivity index (χ0n) is 29.3. The van der Waals surface area contributed by atoms with E-state index in [4.69, 9.17) is 0 Å². The number of carbonyl (C=O) groups excluding carboxylic acids is 4. The molecule has 4 rings (SSSR count). The minimum Gasteiger partial charge on any atom is -0.396 e. The van der Waals surface area contributed by atoms with Crippen LogP contribution in [-0.4, -0.2) is 64.5 Å². The van der Waals surface area contributed by atoms with Gasteiger partial charge >= 0.3 is 6.18 Å². The number of aromatic amines is 1. The van der Waals surface area contributed by atoms with Crippen LogP contribution in [0.5, 0.6) is 0 Å². The number of hydrogen-bond donors (Lipinski definition) is 6. The molecule has 6 N–H and O–H groups in total. The van der Waals surface area contributed by atoms with Gasteiger partial charge in [0.2, 0.25) is 23.6 Å². The number of H-pyrrole nitrogens is 1. The Kier molecular flexibility index (Phi) is 12.9. The van der Waals surface area contributed by atoms with Crippen LogP contribution >= 0.6 is 0 Å². The molecule has 4 amide bonds. The zero-order chi connectivity index (χ0) is 37.5. The van der Waals surface area contributed by atoms with E-state index in [0.29, 0.717) is 30.5 Å². The maximum absolute atomic E-state index is 14.5. The largest absolute Gasteiger partial charge is 0.418 e. The van der Waals surface area contributed by atoms with Gasteiger partial charge in [-0.3, -0.25) is 19.2 Å². The van der Waals surface area contributed by atoms with Gasteiger partial charge in [0.1, 0.15) is 23.4 Å². The van der Waals surface area contributed by atoms with E-state index < -0.39 is 64.7 Å². The van der Waals surface area contributed by atoms with E-state index in [1.54, 1.807) is 19.9 Å². The van der Waals surface area contributed by atoms with Gasteiger partial charge in [-0.2, -0.15) is 13.2 Å². The molecule has 2 aromatic carbocycles. The van der Waals surface area contributed by atoms with Crippen molar-refractivity contribution in [3.05, 3.63) is 70.7 Å². The van der Waals surface area contributed by atoms with Gasteiger partial charge in [-0.25, -0.2) is 4.39 Å². The molecule has 0 aliphatic heterocycles. The molecule has 1 heterocycles. The number of aromatic nitrogens is 1. The molecule has 0 radical (unpaired) electrons. The van der Waals surface area contributed by atoms with Crippen LogP contribution in [0.15, 0.2) is 42.5 Å². The number of fused-ring (bicyclic) bond motifs is 3. The second-order valence-electron chi connectivity index (χ2n) is 13.5. The number of alkyl halides is 3. The predicted molar refractivity (Wildman–Crippen MR) is 184 cm³/mol. The summed E-state index contributed by atoms with van der Waals surface area (Å²) < 4.78 is 56.3. The zero-order valence-corrected chi connectivity index (χ0v) is 29.3. The fraction of sp³-hybridized carbons (Fsp3) is 0.514. The number of para-hydroxylation sites is 1. The van der Waals surface area contributed by atoms with Crippen molar-refractivity contribution in [3.63, 3.8) is 0 Å². The average Bonchev–Trinajstić information content (AvgIpc) is 3.47. The molecular weight excluding hydrogens is 670 g/mol. The number of amides is 4. The van der Waals surface area contributed by atoms with Gasteiger partial charge in [0.25, 0.3) is 0 Å². The number of aliphatic hydroxyl groups excluding tert-OH is 1. The van der Waals surface area contributed by atoms with Gasteiger partial charge in [0.15, 0.2) is 0 Å². The molecule has 3 aromatic rings. The molecule has 10 nitrogen and oxygen atoms in total. The Morgan fingerprint density at radius 1 is 0.941 bits per heavy atom. The first kappa shape index (κ1) is 39.3. The van der Waals surface area contributed by atoms with Crippen molar-refractivity contribution >= 4 is 34.5 Å². The third-order valence-corrected chi connectivity index (χ3v) is 9.95. The summed E-state index contributed by atoms with van der Waals surface area (Å²) in [6, 6.07) is 7.38. The highest BCUT2D eigenvalue weighted by molar-refractivity contribution is 5.98. The van der Waals surface area contributed by atoms with Crippen LogP contribution in [0, 0.1) is 17.7 Å². The summed E-state index contributed by atoms with van der Waals surface area (Å²) in [6.07, 6.45) is -3.84. The predicted octanol–water partition coefficient (Wildman–Crippen LogP) is 4.47. The first-order chi connectivity index (χ1) is 24.1. The third-order valence-electron chi connectivity index (χ3n) is 9.95. The quantitative estimate of drug-likeness (QED) is 0.101. The normalized spacial score (nSPS) is 18.2. The van der Waals surface area contributed by atoms with Crippen molar-refractivity contribution in [1.82, 2.24) is 26.3 Å². The number of halogens is 4. The Hall–Kier alpha value is -4.46. The molecular formula is C37H47F4N5O5. The first-order valence-electron chi connectivity index (χ1n) is 17.4. The Labute approximate surface area is 294 Å². The average molecular weight is 718 g/mol. The van der Waals surface area contributed by atoms with E-state index in [-0.39, 0.29) is 61.2 Å². The smallest absolute Gasteiger partial charge is 0.396 e. The summed E-state index contributed by atoms with van der Waals surface area (Å²) in [5.74, 6) is -3.85. The molecule has 5 atom stereocenters. The fourth-order valence-electron chi connectivity index (χ4n) is 6.50. The van der Waals surface area contributed by atoms with Gasteiger partial charge < -0.3 is 31.4 Å². The fourth-order valence-corrected chi connectivity index (χ4v) is 6.50. The lowest BCUT2D eigenvalue weighted by molar-refractivity contribution is -0.139. The molecule has 51 heavy (non-hydrogen) atoms. The molecule has 1 aliphatic carbocycles. The summed E-state index contributed by atoms with van der Waals surface area (Å²) in [6.45, 7) is 7.22. The molecule has 0 spiro atoms. The number of nitrogens with one attached hydrogen (secondary N) is 5. The number of hydrogen-bond acceptors (Lipinski definition) is 5. The van der Waals surface area contributed by atoms with Crippen LogP contribution in [0.2, 0.25) is 0 Å². The van der Waals surface area contributed by atoms with Crippen molar-refractivity contribution < 1.29 is 41.8 Å². The van der Waals surface area contributed by atoms with Crippen LogP contribution in [0.25, 0.3) is 10.9 Å². The number of aliphatic hydroxyl groups is 1. The van der Waals surface area contributed by atoms with Crippen molar-refractivity contribution in [1.29, 1.82) is 0 Å². The Morgan fingerprint density at radius 2 is 1.61 bits per heavy atom. The highest BCUT2D eigenvalue weighted by Crippen LogP contribution is 2.40. The SMILES string of the molecule is CCC(C)[C@H](NC(=O)Cc1ccccc1F)C(=O)N[C@]1(C(=O)N[C@H](C(=O)NCCCO)C(C)CC)CCc2[nH]c3c(C(F)(F)F)cccc3c2C1. The van der Waals surface area contributed by atoms with Gasteiger partial charge in [0.05, 0.1) is 17.5 Å². The van der Waals surface area contributed by atoms with E-state index in [9.17, 15) is 41.8 Å². The van der Waals surface area contributed by atoms with Gasteiger partial charge in [0, 0.05) is 30.7 Å². The lowest BCUT2D eigenvalue weighted by atomic mass is 9.78. The second kappa shape index (κ2) is 16.7. The van der Waals surface area contributed by atoms with E-state index >= 15 is 0 Å². The minimum absolute atomic E-state index is 0.0263. The molecule has 0 saturated carbocycles. The summed E-state index contributed by atoms with van der Waals surface area (Å²) in [4.78, 5) is 58.1. The van der Waals surface area contributed by atoms with E-state index in [1.807, 2.05) is 13.8 Å². The number of rotatable bonds is 15. The summed E-state index contributed by atoms with van der Waals surface area (Å²) in [5.41, 5.74) is -1.66. The van der Waals surface area contributed by atoms with E-state index in [2.05, 4.69) is 26.3 Å². The van der Waals surface area contributed by atoms with E-state index in [1.165, 1.54) is 30.3 Å². The maximum Gasteiger partial charge on any atom is 0.418 e. The highest BCUT2D eigenvalue weighted by atomic mass is 19.4. The Balaban J connectivity index is 1.73. The van der Waals surface area contributed by atoms with Crippen LogP contribution in [-0.2, 0) is 44.6 Å². The molecule has 1 aliphatic rings. The van der Waals surface area contributed by atoms with Gasteiger partial charge in [-0.15, -0.1) is 0 Å². The molecule has 0 bridgehead atoms. The molecule has 278 valence electrons. The van der Waals surface area contributed by atoms with Crippen LogP contribution in [0.3, 0.4) is 0 Å². The second-order valence-corrected chi connectivity index (χ2v) is 13.5. The number of benzene rings is 2. The van der Waals surface area contributed by atoms with E-state index in [0.717, 1.165) is 6.07 Å². The van der Waals surface area contributed by atoms with Gasteiger partial charge in [-0.05, 0) is 54.4 Å². The number of carbonyl (C=O) groups is 4. The molecule has 0 fully saturated rings. The first-order valence-corrected chi connectivity index (χ1v) is 17.4. The maximum atomic E-state index is 14.5.